The number of aliphatic hydroxyl groups is 1. The van der Waals surface area contributed by atoms with Crippen molar-refractivity contribution in [1.29, 1.82) is 5.26 Å². The molecule has 1 amide bonds. The van der Waals surface area contributed by atoms with E-state index in [1.807, 2.05) is 12.1 Å². The second-order valence-corrected chi connectivity index (χ2v) is 11.4. The van der Waals surface area contributed by atoms with Gasteiger partial charge in [-0.05, 0) is 55.8 Å². The predicted molar refractivity (Wildman–Crippen MR) is 173 cm³/mol. The number of amides is 1. The van der Waals surface area contributed by atoms with E-state index in [2.05, 4.69) is 49.9 Å². The lowest BCUT2D eigenvalue weighted by Crippen LogP contribution is -2.56. The molecule has 3 aliphatic heterocycles. The number of aliphatic hydroxyl groups excluding tert-OH is 1. The van der Waals surface area contributed by atoms with Crippen LogP contribution in [0.15, 0.2) is 53.0 Å². The maximum absolute atomic E-state index is 14.9. The minimum absolute atomic E-state index is 0.168. The van der Waals surface area contributed by atoms with Crippen LogP contribution in [0.25, 0.3) is 5.70 Å². The molecule has 2 aromatic carbocycles. The number of benzene rings is 2. The molecule has 11 nitrogen and oxygen atoms in total. The zero-order valence-electron chi connectivity index (χ0n) is 25.8. The van der Waals surface area contributed by atoms with E-state index >= 15 is 0 Å². The molecule has 3 fully saturated rings. The Kier molecular flexibility index (Phi) is 10.4. The Morgan fingerprint density at radius 2 is 1.96 bits per heavy atom. The van der Waals surface area contributed by atoms with Gasteiger partial charge >= 0.3 is 0 Å². The number of hydrogen-bond acceptors (Lipinski definition) is 8. The molecule has 5 rings (SSSR count). The molecule has 0 spiro atoms. The van der Waals surface area contributed by atoms with E-state index in [1.165, 1.54) is 4.90 Å². The first kappa shape index (κ1) is 32.1. The van der Waals surface area contributed by atoms with Gasteiger partial charge in [-0.1, -0.05) is 6.58 Å². The molecule has 2 unspecified atom stereocenters. The number of nitrogens with one attached hydrogen (secondary N) is 1. The van der Waals surface area contributed by atoms with Crippen molar-refractivity contribution in [1.82, 2.24) is 9.80 Å². The Hall–Kier alpha value is -4.31. The fourth-order valence-electron chi connectivity index (χ4n) is 5.74. The number of nitrogens with zero attached hydrogens (tertiary/aromatic N) is 6. The number of alkyl halides is 1. The van der Waals surface area contributed by atoms with E-state index in [0.717, 1.165) is 50.8 Å². The number of carbonyl (C=O) groups is 1. The molecule has 0 saturated carbocycles. The lowest BCUT2D eigenvalue weighted by molar-refractivity contribution is -0.138. The van der Waals surface area contributed by atoms with Crippen molar-refractivity contribution >= 4 is 35.2 Å². The van der Waals surface area contributed by atoms with Crippen LogP contribution in [0.3, 0.4) is 0 Å². The van der Waals surface area contributed by atoms with E-state index in [4.69, 9.17) is 14.6 Å². The lowest BCUT2D eigenvalue weighted by atomic mass is 10.0. The highest BCUT2D eigenvalue weighted by atomic mass is 19.1. The topological polar surface area (TPSA) is 126 Å². The molecule has 0 bridgehead atoms. The predicted octanol–water partition coefficient (Wildman–Crippen LogP) is 3.23. The van der Waals surface area contributed by atoms with Crippen molar-refractivity contribution in [2.24, 2.45) is 9.98 Å². The average molecular weight is 618 g/mol. The van der Waals surface area contributed by atoms with Gasteiger partial charge in [0.1, 0.15) is 24.5 Å². The molecule has 3 saturated heterocycles. The zero-order valence-corrected chi connectivity index (χ0v) is 25.8. The Morgan fingerprint density at radius 3 is 2.56 bits per heavy atom. The van der Waals surface area contributed by atoms with Crippen molar-refractivity contribution in [3.63, 3.8) is 0 Å². The summed E-state index contributed by atoms with van der Waals surface area (Å²) in [6, 6.07) is 14.3. The van der Waals surface area contributed by atoms with Crippen LogP contribution in [-0.4, -0.2) is 110 Å². The SMILES string of the molecule is C=C(N=C(/N=C\C)Nc1ccc(N2CCN(C3COC3)CC2)cc1)c1cc(C)c(OC2CCN(C(=O)CO)CC2F)c(C#N)c1. The molecule has 3 aliphatic rings. The van der Waals surface area contributed by atoms with Gasteiger partial charge in [0.25, 0.3) is 0 Å². The number of piperidine rings is 1. The molecule has 3 heterocycles. The van der Waals surface area contributed by atoms with Gasteiger partial charge < -0.3 is 29.7 Å². The van der Waals surface area contributed by atoms with E-state index in [9.17, 15) is 14.4 Å². The number of ether oxygens (including phenoxy) is 2. The van der Waals surface area contributed by atoms with Gasteiger partial charge in [0.15, 0.2) is 6.17 Å². The van der Waals surface area contributed by atoms with Gasteiger partial charge in [-0.25, -0.2) is 14.4 Å². The maximum atomic E-state index is 14.9. The Labute approximate surface area is 263 Å². The van der Waals surface area contributed by atoms with Gasteiger partial charge in [0.2, 0.25) is 11.9 Å². The normalized spacial score (nSPS) is 21.4. The number of hydrogen-bond donors (Lipinski definition) is 2. The first-order valence-electron chi connectivity index (χ1n) is 15.2. The number of carbonyl (C=O) groups excluding carboxylic acids is 1. The second-order valence-electron chi connectivity index (χ2n) is 11.4. The molecule has 12 heteroatoms. The largest absolute Gasteiger partial charge is 0.486 e. The fraction of sp³-hybridized carbons (Fsp3) is 0.455. The third-order valence-electron chi connectivity index (χ3n) is 8.40. The van der Waals surface area contributed by atoms with Gasteiger partial charge in [-0.15, -0.1) is 0 Å². The summed E-state index contributed by atoms with van der Waals surface area (Å²) in [5.74, 6) is 0.111. The summed E-state index contributed by atoms with van der Waals surface area (Å²) in [6.07, 6.45) is -0.394. The zero-order chi connectivity index (χ0) is 31.9. The summed E-state index contributed by atoms with van der Waals surface area (Å²) >= 11 is 0. The van der Waals surface area contributed by atoms with Crippen LogP contribution >= 0.6 is 0 Å². The molecule has 238 valence electrons. The molecule has 0 aliphatic carbocycles. The van der Waals surface area contributed by atoms with E-state index in [1.54, 1.807) is 32.2 Å². The molecule has 45 heavy (non-hydrogen) atoms. The Balaban J connectivity index is 1.23. The minimum Gasteiger partial charge on any atom is -0.486 e. The number of piperazine rings is 1. The van der Waals surface area contributed by atoms with Crippen LogP contribution in [0, 0.1) is 18.3 Å². The standard InChI is InChI=1S/C33H40FN7O4/c1-4-36-33(38-26-5-7-27(8-6-26)39-11-13-40(14-12-39)28-20-44-21-28)37-23(3)24-15-22(2)32(25(16-24)17-35)45-30-9-10-41(18-29(30)34)31(43)19-42/h4-8,15-16,28-30,42H,3,9-14,18-21H2,1-2H3,(H,37,38)/b36-4-. The van der Waals surface area contributed by atoms with Crippen LogP contribution < -0.4 is 15.0 Å². The summed E-state index contributed by atoms with van der Waals surface area (Å²) < 4.78 is 26.2. The molecular weight excluding hydrogens is 577 g/mol. The van der Waals surface area contributed by atoms with Gasteiger partial charge in [-0.3, -0.25) is 9.69 Å². The van der Waals surface area contributed by atoms with Crippen LogP contribution in [0.1, 0.15) is 30.0 Å². The highest BCUT2D eigenvalue weighted by molar-refractivity contribution is 6.01. The number of guanidine groups is 1. The van der Waals surface area contributed by atoms with Crippen molar-refractivity contribution in [2.45, 2.75) is 38.6 Å². The minimum atomic E-state index is -1.45. The Morgan fingerprint density at radius 1 is 1.22 bits per heavy atom. The third-order valence-corrected chi connectivity index (χ3v) is 8.40. The number of halogens is 1. The molecule has 0 radical (unpaired) electrons. The van der Waals surface area contributed by atoms with E-state index in [0.29, 0.717) is 28.8 Å². The number of anilines is 2. The maximum Gasteiger partial charge on any atom is 0.248 e. The van der Waals surface area contributed by atoms with Crippen LogP contribution in [0.5, 0.6) is 5.75 Å². The van der Waals surface area contributed by atoms with E-state index in [-0.39, 0.29) is 30.8 Å². The third kappa shape index (κ3) is 7.68. The second kappa shape index (κ2) is 14.6. The monoisotopic (exact) mass is 617 g/mol. The highest BCUT2D eigenvalue weighted by Gasteiger charge is 2.34. The van der Waals surface area contributed by atoms with Gasteiger partial charge in [-0.2, -0.15) is 5.26 Å². The lowest BCUT2D eigenvalue weighted by Gasteiger charge is -2.43. The fourth-order valence-corrected chi connectivity index (χ4v) is 5.74. The number of aryl methyl sites for hydroxylation is 1. The summed E-state index contributed by atoms with van der Waals surface area (Å²) in [4.78, 5) is 26.9. The Bertz CT molecular complexity index is 1480. The van der Waals surface area contributed by atoms with Crippen LogP contribution in [0.2, 0.25) is 0 Å². The molecule has 2 N–H and O–H groups in total. The summed E-state index contributed by atoms with van der Waals surface area (Å²) in [5.41, 5.74) is 3.84. The molecule has 0 aromatic heterocycles. The first-order valence-corrected chi connectivity index (χ1v) is 15.2. The first-order chi connectivity index (χ1) is 21.8. The number of likely N-dealkylation sites (tertiary alicyclic amines) is 1. The number of nitriles is 1. The summed E-state index contributed by atoms with van der Waals surface area (Å²) in [6.45, 7) is 12.8. The number of aliphatic imine (C=N–C) groups is 2. The molecular formula is C33H40FN7O4. The quantitative estimate of drug-likeness (QED) is 0.342. The van der Waals surface area contributed by atoms with Crippen LogP contribution in [0.4, 0.5) is 15.8 Å². The smallest absolute Gasteiger partial charge is 0.248 e. The van der Waals surface area contributed by atoms with E-state index < -0.39 is 24.8 Å². The molecule has 2 atom stereocenters. The van der Waals surface area contributed by atoms with Crippen LogP contribution in [-0.2, 0) is 9.53 Å². The van der Waals surface area contributed by atoms with Gasteiger partial charge in [0, 0.05) is 62.3 Å². The summed E-state index contributed by atoms with van der Waals surface area (Å²) in [5, 5.41) is 22.2. The van der Waals surface area contributed by atoms with Crippen molar-refractivity contribution in [3.05, 3.63) is 59.7 Å². The summed E-state index contributed by atoms with van der Waals surface area (Å²) in [7, 11) is 0. The average Bonchev–Trinajstić information content (AvgIpc) is 3.02. The number of rotatable bonds is 8. The van der Waals surface area contributed by atoms with Crippen molar-refractivity contribution in [2.75, 3.05) is 69.3 Å². The van der Waals surface area contributed by atoms with Crippen molar-refractivity contribution < 1.29 is 23.8 Å². The van der Waals surface area contributed by atoms with Gasteiger partial charge in [0.05, 0.1) is 37.1 Å². The molecule has 2 aromatic rings. The van der Waals surface area contributed by atoms with Crippen molar-refractivity contribution in [3.8, 4) is 11.8 Å². The highest BCUT2D eigenvalue weighted by Crippen LogP contribution is 2.31.